The lowest BCUT2D eigenvalue weighted by Gasteiger charge is -2.10. The van der Waals surface area contributed by atoms with Gasteiger partial charge in [-0.3, -0.25) is 9.52 Å². The van der Waals surface area contributed by atoms with Crippen LogP contribution >= 0.6 is 0 Å². The van der Waals surface area contributed by atoms with Crippen molar-refractivity contribution in [3.05, 3.63) is 35.7 Å². The first-order chi connectivity index (χ1) is 7.81. The summed E-state index contributed by atoms with van der Waals surface area (Å²) in [6.07, 6.45) is 2.20. The fourth-order valence-electron chi connectivity index (χ4n) is 1.30. The van der Waals surface area contributed by atoms with E-state index in [4.69, 9.17) is 10.8 Å². The van der Waals surface area contributed by atoms with Gasteiger partial charge in [-0.1, -0.05) is 12.1 Å². The van der Waals surface area contributed by atoms with Crippen molar-refractivity contribution < 1.29 is 18.3 Å². The molecule has 1 amide bonds. The monoisotopic (exact) mass is 257 g/mol. The topological polar surface area (TPSA) is 109 Å². The number of nitrogens with one attached hydrogen (secondary N) is 1. The summed E-state index contributed by atoms with van der Waals surface area (Å²) in [5.41, 5.74) is 6.13. The molecular formula is C10H13N2O4S. The predicted octanol–water partition coefficient (Wildman–Crippen LogP) is -0.412. The summed E-state index contributed by atoms with van der Waals surface area (Å²) < 4.78 is 24.4. The molecule has 0 heterocycles. The van der Waals surface area contributed by atoms with Gasteiger partial charge in [0.05, 0.1) is 25.0 Å². The van der Waals surface area contributed by atoms with Gasteiger partial charge in [-0.05, 0) is 11.6 Å². The Morgan fingerprint density at radius 1 is 1.53 bits per heavy atom. The highest BCUT2D eigenvalue weighted by Crippen LogP contribution is 2.19. The second-order valence-electron chi connectivity index (χ2n) is 3.50. The molecule has 0 atom stereocenters. The van der Waals surface area contributed by atoms with Crippen LogP contribution in [0.25, 0.3) is 0 Å². The predicted molar refractivity (Wildman–Crippen MR) is 63.4 cm³/mol. The summed E-state index contributed by atoms with van der Waals surface area (Å²) in [7, 11) is -3.41. The Kier molecular flexibility index (Phi) is 4.08. The molecule has 1 aromatic rings. The molecular weight excluding hydrogens is 244 g/mol. The average Bonchev–Trinajstić information content (AvgIpc) is 2.17. The lowest BCUT2D eigenvalue weighted by molar-refractivity contribution is -0.114. The summed E-state index contributed by atoms with van der Waals surface area (Å²) in [5, 5.41) is 9.11. The number of amides is 1. The van der Waals surface area contributed by atoms with Crippen molar-refractivity contribution in [3.63, 3.8) is 0 Å². The minimum absolute atomic E-state index is 0.275. The average molecular weight is 257 g/mol. The fourth-order valence-corrected chi connectivity index (χ4v) is 1.90. The standard InChI is InChI=1S/C10H13N2O4S/c1-17(15,16)12-9-3-2-7(5-10(11)14)4-8(9)6-13/h2-5,12-13H,6H2,1H3,(H2,11,14). The zero-order chi connectivity index (χ0) is 13.1. The molecule has 0 saturated heterocycles. The lowest BCUT2D eigenvalue weighted by atomic mass is 10.1. The Hall–Kier alpha value is -1.60. The number of sulfonamides is 1. The van der Waals surface area contributed by atoms with Gasteiger partial charge in [0, 0.05) is 5.56 Å². The van der Waals surface area contributed by atoms with E-state index in [0.717, 1.165) is 6.26 Å². The van der Waals surface area contributed by atoms with Crippen LogP contribution in [0.4, 0.5) is 5.69 Å². The van der Waals surface area contributed by atoms with E-state index in [1.807, 2.05) is 0 Å². The molecule has 7 heteroatoms. The maximum absolute atomic E-state index is 11.1. The Balaban J connectivity index is 3.05. The molecule has 0 bridgehead atoms. The third-order valence-electron chi connectivity index (χ3n) is 1.90. The summed E-state index contributed by atoms with van der Waals surface area (Å²) in [4.78, 5) is 10.7. The van der Waals surface area contributed by atoms with Crippen LogP contribution in [0.1, 0.15) is 11.1 Å². The fraction of sp³-hybridized carbons (Fsp3) is 0.200. The Labute approximate surface area is 99.5 Å². The maximum Gasteiger partial charge on any atom is 0.229 e. The number of nitrogens with two attached hydrogens (primary N) is 1. The molecule has 0 aliphatic carbocycles. The van der Waals surface area contributed by atoms with Gasteiger partial charge in [-0.25, -0.2) is 8.42 Å². The molecule has 1 rings (SSSR count). The molecule has 6 nitrogen and oxygen atoms in total. The summed E-state index contributed by atoms with van der Waals surface area (Å²) in [5.74, 6) is -0.613. The van der Waals surface area contributed by atoms with Crippen LogP contribution in [0, 0.1) is 6.42 Å². The van der Waals surface area contributed by atoms with Crippen molar-refractivity contribution in [3.8, 4) is 0 Å². The number of carbonyl (C=O) groups excluding carboxylic acids is 1. The van der Waals surface area contributed by atoms with Gasteiger partial charge in [-0.15, -0.1) is 0 Å². The van der Waals surface area contributed by atoms with Crippen molar-refractivity contribution in [2.45, 2.75) is 6.61 Å². The quantitative estimate of drug-likeness (QED) is 0.666. The number of hydrogen-bond donors (Lipinski definition) is 3. The minimum atomic E-state index is -3.41. The molecule has 0 aliphatic rings. The number of aliphatic hydroxyl groups excluding tert-OH is 1. The molecule has 0 saturated carbocycles. The van der Waals surface area contributed by atoms with Crippen LogP contribution in [0.15, 0.2) is 18.2 Å². The second-order valence-corrected chi connectivity index (χ2v) is 5.24. The molecule has 0 fully saturated rings. The van der Waals surface area contributed by atoms with Crippen molar-refractivity contribution in [1.29, 1.82) is 0 Å². The van der Waals surface area contributed by atoms with E-state index in [1.54, 1.807) is 0 Å². The first kappa shape index (κ1) is 13.5. The third-order valence-corrected chi connectivity index (χ3v) is 2.49. The zero-order valence-electron chi connectivity index (χ0n) is 9.17. The molecule has 0 aromatic heterocycles. The van der Waals surface area contributed by atoms with E-state index in [2.05, 4.69) is 4.72 Å². The molecule has 0 unspecified atom stereocenters. The van der Waals surface area contributed by atoms with Crippen LogP contribution in [0.2, 0.25) is 0 Å². The van der Waals surface area contributed by atoms with Gasteiger partial charge < -0.3 is 10.8 Å². The van der Waals surface area contributed by atoms with Crippen molar-refractivity contribution in [2.24, 2.45) is 5.73 Å². The highest BCUT2D eigenvalue weighted by Gasteiger charge is 2.09. The van der Waals surface area contributed by atoms with Crippen molar-refractivity contribution in [1.82, 2.24) is 0 Å². The van der Waals surface area contributed by atoms with E-state index in [0.29, 0.717) is 11.1 Å². The summed E-state index contributed by atoms with van der Waals surface area (Å²) in [6.45, 7) is -0.349. The van der Waals surface area contributed by atoms with Crippen LogP contribution in [0.3, 0.4) is 0 Å². The highest BCUT2D eigenvalue weighted by atomic mass is 32.2. The maximum atomic E-state index is 11.1. The van der Waals surface area contributed by atoms with E-state index in [9.17, 15) is 13.2 Å². The van der Waals surface area contributed by atoms with E-state index >= 15 is 0 Å². The smallest absolute Gasteiger partial charge is 0.229 e. The third kappa shape index (κ3) is 4.41. The van der Waals surface area contributed by atoms with Crippen molar-refractivity contribution >= 4 is 21.6 Å². The second kappa shape index (κ2) is 5.15. The SMILES string of the molecule is CS(=O)(=O)Nc1ccc([CH]C(N)=O)cc1CO. The van der Waals surface area contributed by atoms with E-state index in [1.165, 1.54) is 24.6 Å². The van der Waals surface area contributed by atoms with Crippen LogP contribution in [0.5, 0.6) is 0 Å². The lowest BCUT2D eigenvalue weighted by Crippen LogP contribution is -2.13. The molecule has 1 radical (unpaired) electrons. The Morgan fingerprint density at radius 3 is 2.65 bits per heavy atom. The van der Waals surface area contributed by atoms with Gasteiger partial charge in [0.1, 0.15) is 0 Å². The molecule has 4 N–H and O–H groups in total. The first-order valence-electron chi connectivity index (χ1n) is 4.67. The van der Waals surface area contributed by atoms with Crippen LogP contribution < -0.4 is 10.5 Å². The van der Waals surface area contributed by atoms with Gasteiger partial charge in [-0.2, -0.15) is 0 Å². The number of primary amides is 1. The first-order valence-corrected chi connectivity index (χ1v) is 6.57. The Morgan fingerprint density at radius 2 is 2.18 bits per heavy atom. The van der Waals surface area contributed by atoms with Gasteiger partial charge in [0.15, 0.2) is 0 Å². The zero-order valence-corrected chi connectivity index (χ0v) is 9.99. The molecule has 0 spiro atoms. The van der Waals surface area contributed by atoms with Gasteiger partial charge in [0.2, 0.25) is 15.9 Å². The van der Waals surface area contributed by atoms with Gasteiger partial charge >= 0.3 is 0 Å². The number of aliphatic hydroxyl groups is 1. The highest BCUT2D eigenvalue weighted by molar-refractivity contribution is 7.92. The number of anilines is 1. The van der Waals surface area contributed by atoms with E-state index < -0.39 is 15.9 Å². The number of hydrogen-bond acceptors (Lipinski definition) is 4. The minimum Gasteiger partial charge on any atom is -0.392 e. The number of rotatable bonds is 5. The number of benzene rings is 1. The van der Waals surface area contributed by atoms with Crippen LogP contribution in [-0.2, 0) is 21.4 Å². The summed E-state index contributed by atoms with van der Waals surface area (Å²) >= 11 is 0. The molecule has 93 valence electrons. The largest absolute Gasteiger partial charge is 0.392 e. The number of carbonyl (C=O) groups is 1. The molecule has 17 heavy (non-hydrogen) atoms. The van der Waals surface area contributed by atoms with E-state index in [-0.39, 0.29) is 12.3 Å². The van der Waals surface area contributed by atoms with Crippen LogP contribution in [-0.4, -0.2) is 25.7 Å². The van der Waals surface area contributed by atoms with Crippen molar-refractivity contribution in [2.75, 3.05) is 11.0 Å². The molecule has 1 aromatic carbocycles. The molecule has 0 aliphatic heterocycles. The summed E-state index contributed by atoms with van der Waals surface area (Å²) in [6, 6.07) is 4.47. The Bertz CT molecular complexity index is 525. The normalized spacial score (nSPS) is 11.2. The van der Waals surface area contributed by atoms with Gasteiger partial charge in [0.25, 0.3) is 0 Å².